The number of anilines is 2. The van der Waals surface area contributed by atoms with Crippen molar-refractivity contribution in [2.45, 2.75) is 37.3 Å². The Labute approximate surface area is 274 Å². The summed E-state index contributed by atoms with van der Waals surface area (Å²) in [7, 11) is 8.98. The number of rotatable bonds is 10. The van der Waals surface area contributed by atoms with Crippen LogP contribution in [-0.4, -0.2) is 96.5 Å². The minimum atomic E-state index is -0.173. The third kappa shape index (κ3) is 6.51. The topological polar surface area (TPSA) is 143 Å². The lowest BCUT2D eigenvalue weighted by atomic mass is 9.91. The summed E-state index contributed by atoms with van der Waals surface area (Å²) < 4.78 is 13.2. The van der Waals surface area contributed by atoms with Gasteiger partial charge in [-0.3, -0.25) is 14.5 Å². The van der Waals surface area contributed by atoms with E-state index in [1.807, 2.05) is 36.1 Å². The molecule has 1 amide bonds. The van der Waals surface area contributed by atoms with Gasteiger partial charge < -0.3 is 30.4 Å². The van der Waals surface area contributed by atoms with E-state index >= 15 is 0 Å². The largest absolute Gasteiger partial charge is 0.495 e. The first-order chi connectivity index (χ1) is 22.8. The van der Waals surface area contributed by atoms with E-state index in [0.717, 1.165) is 71.7 Å². The number of carbonyl (C=O) groups is 1. The second-order valence-corrected chi connectivity index (χ2v) is 12.0. The van der Waals surface area contributed by atoms with Crippen LogP contribution in [0, 0.1) is 5.41 Å². The van der Waals surface area contributed by atoms with Crippen LogP contribution in [0.2, 0.25) is 0 Å². The van der Waals surface area contributed by atoms with Gasteiger partial charge in [-0.15, -0.1) is 0 Å². The lowest BCUT2D eigenvalue weighted by Gasteiger charge is -2.36. The molecule has 3 unspecified atom stereocenters. The number of nitrogens with zero attached hydrogens (tertiary/aromatic N) is 6. The van der Waals surface area contributed by atoms with Gasteiger partial charge >= 0.3 is 0 Å². The number of hydrogen-bond donors (Lipinski definition) is 3. The number of nitrogens with one attached hydrogen (secondary N) is 3. The summed E-state index contributed by atoms with van der Waals surface area (Å²) >= 11 is 0. The summed E-state index contributed by atoms with van der Waals surface area (Å²) in [6, 6.07) is 13.4. The van der Waals surface area contributed by atoms with Crippen LogP contribution in [0.15, 0.2) is 53.7 Å². The number of piperidine rings is 1. The normalized spacial score (nSPS) is 18.3. The molecule has 3 N–H and O–H groups in total. The third-order valence-corrected chi connectivity index (χ3v) is 9.00. The van der Waals surface area contributed by atoms with Crippen molar-refractivity contribution in [2.24, 2.45) is 12.0 Å². The van der Waals surface area contributed by atoms with Gasteiger partial charge in [-0.25, -0.2) is 9.97 Å². The first-order valence-corrected chi connectivity index (χ1v) is 15.8. The van der Waals surface area contributed by atoms with Crippen LogP contribution in [0.25, 0.3) is 22.5 Å². The minimum Gasteiger partial charge on any atom is -0.495 e. The van der Waals surface area contributed by atoms with Crippen LogP contribution in [-0.2, 0) is 24.6 Å². The van der Waals surface area contributed by atoms with Gasteiger partial charge in [0.05, 0.1) is 47.9 Å². The molecule has 1 aliphatic carbocycles. The Hall–Kier alpha value is -4.94. The maximum atomic E-state index is 13.2. The average molecular weight is 636 g/mol. The lowest BCUT2D eigenvalue weighted by Crippen LogP contribution is -2.53. The molecule has 2 aromatic heterocycles. The Balaban J connectivity index is 1.26. The van der Waals surface area contributed by atoms with Crippen molar-refractivity contribution in [3.63, 3.8) is 0 Å². The molecule has 0 bridgehead atoms. The molecule has 244 valence electrons. The highest BCUT2D eigenvalue weighted by Crippen LogP contribution is 2.40. The van der Waals surface area contributed by atoms with Gasteiger partial charge in [-0.1, -0.05) is 24.3 Å². The molecule has 2 aliphatic rings. The summed E-state index contributed by atoms with van der Waals surface area (Å²) in [5.74, 6) is 0.580. The van der Waals surface area contributed by atoms with E-state index in [2.05, 4.69) is 44.7 Å². The SMILES string of the molecule is CN=CC(C=N)c1ccc(-c2c3c(nn2C)CCc2cnc(Nc4ccc(C(=O)NC5CCN(C)CC5OC)cc4OC)nc2-3)cc1. The van der Waals surface area contributed by atoms with Crippen LogP contribution < -0.4 is 15.4 Å². The fourth-order valence-corrected chi connectivity index (χ4v) is 6.49. The van der Waals surface area contributed by atoms with Gasteiger partial charge in [-0.2, -0.15) is 5.10 Å². The van der Waals surface area contributed by atoms with E-state index in [0.29, 0.717) is 22.9 Å². The van der Waals surface area contributed by atoms with Crippen molar-refractivity contribution in [1.82, 2.24) is 30.0 Å². The Kier molecular flexibility index (Phi) is 9.41. The molecule has 6 rings (SSSR count). The number of aliphatic imine (C=N–C) groups is 1. The van der Waals surface area contributed by atoms with Crippen molar-refractivity contribution in [3.05, 3.63) is 71.0 Å². The monoisotopic (exact) mass is 635 g/mol. The van der Waals surface area contributed by atoms with E-state index in [1.165, 1.54) is 6.21 Å². The van der Waals surface area contributed by atoms with E-state index in [1.54, 1.807) is 39.6 Å². The predicted octanol–water partition coefficient (Wildman–Crippen LogP) is 4.28. The molecule has 3 heterocycles. The summed E-state index contributed by atoms with van der Waals surface area (Å²) in [5.41, 5.74) is 8.01. The number of amides is 1. The van der Waals surface area contributed by atoms with Crippen molar-refractivity contribution in [2.75, 3.05) is 46.7 Å². The number of aryl methyl sites for hydroxylation is 3. The summed E-state index contributed by atoms with van der Waals surface area (Å²) in [6.07, 6.45) is 7.37. The summed E-state index contributed by atoms with van der Waals surface area (Å²) in [5, 5.41) is 19.1. The molecular weight excluding hydrogens is 594 g/mol. The summed E-state index contributed by atoms with van der Waals surface area (Å²) in [4.78, 5) is 29.1. The third-order valence-electron chi connectivity index (χ3n) is 9.00. The van der Waals surface area contributed by atoms with Gasteiger partial charge in [0, 0.05) is 63.1 Å². The smallest absolute Gasteiger partial charge is 0.251 e. The molecule has 12 nitrogen and oxygen atoms in total. The van der Waals surface area contributed by atoms with E-state index in [-0.39, 0.29) is 24.0 Å². The lowest BCUT2D eigenvalue weighted by molar-refractivity contribution is 0.0142. The van der Waals surface area contributed by atoms with Crippen molar-refractivity contribution < 1.29 is 14.3 Å². The molecule has 2 aromatic carbocycles. The Morgan fingerprint density at radius 2 is 1.96 bits per heavy atom. The van der Waals surface area contributed by atoms with Gasteiger partial charge in [0.15, 0.2) is 0 Å². The number of likely N-dealkylation sites (tertiary alicyclic amines) is 1. The van der Waals surface area contributed by atoms with Crippen molar-refractivity contribution in [1.29, 1.82) is 5.41 Å². The van der Waals surface area contributed by atoms with Crippen molar-refractivity contribution >= 4 is 30.0 Å². The fraction of sp³-hybridized carbons (Fsp3) is 0.371. The molecular formula is C35H41N9O3. The van der Waals surface area contributed by atoms with Crippen molar-refractivity contribution in [3.8, 4) is 28.3 Å². The number of aromatic nitrogens is 4. The highest BCUT2D eigenvalue weighted by molar-refractivity contribution is 5.95. The number of ether oxygens (including phenoxy) is 2. The average Bonchev–Trinajstić information content (AvgIpc) is 3.44. The maximum Gasteiger partial charge on any atom is 0.251 e. The number of fused-ring (bicyclic) bond motifs is 3. The number of benzene rings is 2. The highest BCUT2D eigenvalue weighted by atomic mass is 16.5. The quantitative estimate of drug-likeness (QED) is 0.219. The van der Waals surface area contributed by atoms with Crippen LogP contribution in [0.4, 0.5) is 11.6 Å². The van der Waals surface area contributed by atoms with Crippen LogP contribution in [0.5, 0.6) is 5.75 Å². The molecule has 1 saturated heterocycles. The van der Waals surface area contributed by atoms with Gasteiger partial charge in [0.25, 0.3) is 5.91 Å². The van der Waals surface area contributed by atoms with Crippen LogP contribution in [0.1, 0.15) is 39.5 Å². The Morgan fingerprint density at radius 3 is 2.68 bits per heavy atom. The Bertz CT molecular complexity index is 1800. The zero-order valence-electron chi connectivity index (χ0n) is 27.4. The summed E-state index contributed by atoms with van der Waals surface area (Å²) in [6.45, 7) is 1.66. The van der Waals surface area contributed by atoms with Crippen LogP contribution in [0.3, 0.4) is 0 Å². The number of carbonyl (C=O) groups excluding carboxylic acids is 1. The predicted molar refractivity (Wildman–Crippen MR) is 183 cm³/mol. The van der Waals surface area contributed by atoms with Crippen LogP contribution >= 0.6 is 0 Å². The fourth-order valence-electron chi connectivity index (χ4n) is 6.49. The molecule has 0 spiro atoms. The maximum absolute atomic E-state index is 13.2. The van der Waals surface area contributed by atoms with Gasteiger partial charge in [0.1, 0.15) is 5.75 Å². The molecule has 1 fully saturated rings. The molecule has 1 aliphatic heterocycles. The molecule has 0 radical (unpaired) electrons. The number of likely N-dealkylation sites (N-methyl/N-ethyl adjacent to an activating group) is 1. The first-order valence-electron chi connectivity index (χ1n) is 15.8. The highest BCUT2D eigenvalue weighted by Gasteiger charge is 2.30. The van der Waals surface area contributed by atoms with E-state index < -0.39 is 0 Å². The second-order valence-electron chi connectivity index (χ2n) is 12.0. The molecule has 0 saturated carbocycles. The zero-order valence-corrected chi connectivity index (χ0v) is 27.4. The van der Waals surface area contributed by atoms with E-state index in [4.69, 9.17) is 25.0 Å². The number of hydrogen-bond acceptors (Lipinski definition) is 10. The number of methoxy groups -OCH3 is 2. The molecule has 3 atom stereocenters. The molecule has 12 heteroatoms. The van der Waals surface area contributed by atoms with Gasteiger partial charge in [0.2, 0.25) is 5.95 Å². The first kappa shape index (κ1) is 32.0. The zero-order chi connectivity index (χ0) is 33.1. The molecule has 47 heavy (non-hydrogen) atoms. The van der Waals surface area contributed by atoms with Gasteiger partial charge in [-0.05, 0) is 62.2 Å². The Morgan fingerprint density at radius 1 is 1.15 bits per heavy atom. The molecule has 4 aromatic rings. The minimum absolute atomic E-state index is 0.0641. The standard InChI is InChI=1S/C35H41N9O3/c1-37-18-25(17-36)21-6-8-22(9-7-21)33-31-28(42-44(33)3)13-11-24-19-38-35(41-32(24)31)40-26-12-10-23(16-29(26)46-4)34(45)39-27-14-15-43(2)20-30(27)47-5/h6-10,12,16-19,25,27,30,36H,11,13-15,20H2,1-5H3,(H,39,45)(H,38,40,41). The van der Waals surface area contributed by atoms with E-state index in [9.17, 15) is 4.79 Å². The second kappa shape index (κ2) is 13.8.